The molecule has 0 radical (unpaired) electrons. The fourth-order valence-electron chi connectivity index (χ4n) is 3.31. The van der Waals surface area contributed by atoms with Crippen LogP contribution in [0.3, 0.4) is 0 Å². The van der Waals surface area contributed by atoms with E-state index < -0.39 is 0 Å². The van der Waals surface area contributed by atoms with Crippen LogP contribution in [-0.4, -0.2) is 41.8 Å². The van der Waals surface area contributed by atoms with Gasteiger partial charge in [0.1, 0.15) is 11.4 Å². The molecule has 0 unspecified atom stereocenters. The zero-order valence-electron chi connectivity index (χ0n) is 17.7. The molecule has 1 aliphatic rings. The molecule has 2 N–H and O–H groups in total. The summed E-state index contributed by atoms with van der Waals surface area (Å²) in [7, 11) is 0. The highest BCUT2D eigenvalue weighted by Crippen LogP contribution is 2.24. The summed E-state index contributed by atoms with van der Waals surface area (Å²) in [5, 5.41) is 0. The van der Waals surface area contributed by atoms with Crippen LogP contribution in [0.15, 0.2) is 58.3 Å². The third-order valence-electron chi connectivity index (χ3n) is 4.76. The van der Waals surface area contributed by atoms with Gasteiger partial charge in [-0.05, 0) is 58.3 Å². The first-order valence-electron chi connectivity index (χ1n) is 10.00. The number of nitrogens with two attached hydrogens (primary N) is 1. The van der Waals surface area contributed by atoms with Gasteiger partial charge in [-0.25, -0.2) is 4.99 Å². The molecular weight excluding hydrogens is 430 g/mol. The van der Waals surface area contributed by atoms with E-state index in [0.717, 1.165) is 41.5 Å². The molecule has 0 amide bonds. The second-order valence-electron chi connectivity index (χ2n) is 8.38. The van der Waals surface area contributed by atoms with Crippen molar-refractivity contribution < 1.29 is 9.53 Å². The van der Waals surface area contributed by atoms with E-state index in [9.17, 15) is 4.79 Å². The predicted molar refractivity (Wildman–Crippen MR) is 123 cm³/mol. The molecule has 1 aromatic carbocycles. The van der Waals surface area contributed by atoms with Crippen LogP contribution in [0.1, 0.15) is 39.2 Å². The SMILES string of the molecule is C=C(CN1CCC(C(=O)Cc2ccccc2Br)CC1)/C(=N\C=C/N)OC(C)(C)C. The van der Waals surface area contributed by atoms with E-state index in [1.165, 1.54) is 12.4 Å². The number of ketones is 1. The molecule has 1 saturated heterocycles. The van der Waals surface area contributed by atoms with Crippen molar-refractivity contribution >= 4 is 27.6 Å². The minimum absolute atomic E-state index is 0.116. The van der Waals surface area contributed by atoms with E-state index in [-0.39, 0.29) is 11.5 Å². The van der Waals surface area contributed by atoms with Gasteiger partial charge in [0.25, 0.3) is 0 Å². The molecule has 0 atom stereocenters. The van der Waals surface area contributed by atoms with Crippen LogP contribution in [-0.2, 0) is 16.0 Å². The number of halogens is 1. The molecule has 6 heteroatoms. The Labute approximate surface area is 182 Å². The average molecular weight is 462 g/mol. The number of hydrogen-bond acceptors (Lipinski definition) is 5. The molecule has 1 fully saturated rings. The number of Topliss-reactive ketones (excluding diaryl/α,β-unsaturated/α-hetero) is 1. The van der Waals surface area contributed by atoms with Crippen molar-refractivity contribution in [3.8, 4) is 0 Å². The molecule has 0 aliphatic carbocycles. The summed E-state index contributed by atoms with van der Waals surface area (Å²) in [5.74, 6) is 0.943. The van der Waals surface area contributed by atoms with Crippen LogP contribution in [0.2, 0.25) is 0 Å². The fourth-order valence-corrected chi connectivity index (χ4v) is 3.74. The van der Waals surface area contributed by atoms with Gasteiger partial charge >= 0.3 is 0 Å². The van der Waals surface area contributed by atoms with Gasteiger partial charge in [0.2, 0.25) is 5.90 Å². The maximum absolute atomic E-state index is 12.7. The van der Waals surface area contributed by atoms with E-state index in [4.69, 9.17) is 10.5 Å². The second-order valence-corrected chi connectivity index (χ2v) is 9.23. The van der Waals surface area contributed by atoms with Gasteiger partial charge in [-0.3, -0.25) is 9.69 Å². The molecule has 0 saturated carbocycles. The Bertz CT molecular complexity index is 773. The summed E-state index contributed by atoms with van der Waals surface area (Å²) in [6, 6.07) is 7.93. The van der Waals surface area contributed by atoms with Crippen LogP contribution in [0.4, 0.5) is 0 Å². The first kappa shape index (κ1) is 23.4. The lowest BCUT2D eigenvalue weighted by atomic mass is 9.89. The quantitative estimate of drug-likeness (QED) is 0.480. The number of rotatable bonds is 7. The Morgan fingerprint density at radius 2 is 2.00 bits per heavy atom. The van der Waals surface area contributed by atoms with Gasteiger partial charge in [-0.15, -0.1) is 0 Å². The molecule has 5 nitrogen and oxygen atoms in total. The third kappa shape index (κ3) is 7.78. The molecule has 1 aliphatic heterocycles. The zero-order valence-corrected chi connectivity index (χ0v) is 19.2. The lowest BCUT2D eigenvalue weighted by Crippen LogP contribution is -2.39. The summed E-state index contributed by atoms with van der Waals surface area (Å²) in [6.07, 6.45) is 5.11. The molecule has 29 heavy (non-hydrogen) atoms. The van der Waals surface area contributed by atoms with Gasteiger partial charge in [0.15, 0.2) is 0 Å². The Kier molecular flexibility index (Phi) is 8.65. The van der Waals surface area contributed by atoms with Gasteiger partial charge in [0, 0.05) is 41.3 Å². The minimum atomic E-state index is -0.366. The van der Waals surface area contributed by atoms with Crippen molar-refractivity contribution in [2.75, 3.05) is 19.6 Å². The summed E-state index contributed by atoms with van der Waals surface area (Å²) in [5.41, 5.74) is 6.92. The standard InChI is InChI=1S/C23H32BrN3O2/c1-17(22(26-12-11-25)29-23(2,3)4)16-27-13-9-18(10-14-27)21(28)15-19-7-5-6-8-20(19)24/h5-8,11-12,18H,1,9-10,13-16,25H2,2-4H3/b12-11-,26-22+. The number of nitrogens with zero attached hydrogens (tertiary/aromatic N) is 2. The smallest absolute Gasteiger partial charge is 0.217 e. The highest BCUT2D eigenvalue weighted by atomic mass is 79.9. The molecular formula is C23H32BrN3O2. The normalized spacial score (nSPS) is 16.9. The number of carbonyl (C=O) groups excluding carboxylic acids is 1. The Balaban J connectivity index is 1.88. The van der Waals surface area contributed by atoms with E-state index >= 15 is 0 Å². The van der Waals surface area contributed by atoms with E-state index in [1.807, 2.05) is 45.0 Å². The zero-order chi connectivity index (χ0) is 21.4. The maximum atomic E-state index is 12.7. The monoisotopic (exact) mass is 461 g/mol. The van der Waals surface area contributed by atoms with Crippen molar-refractivity contribution in [1.29, 1.82) is 0 Å². The Morgan fingerprint density at radius 3 is 2.59 bits per heavy atom. The Morgan fingerprint density at radius 1 is 1.34 bits per heavy atom. The lowest BCUT2D eigenvalue weighted by molar-refractivity contribution is -0.123. The highest BCUT2D eigenvalue weighted by molar-refractivity contribution is 9.10. The topological polar surface area (TPSA) is 67.9 Å². The first-order valence-corrected chi connectivity index (χ1v) is 10.8. The number of hydrogen-bond donors (Lipinski definition) is 1. The van der Waals surface area contributed by atoms with Crippen molar-refractivity contribution in [3.05, 3.63) is 58.9 Å². The van der Waals surface area contributed by atoms with Crippen molar-refractivity contribution in [2.45, 2.75) is 45.6 Å². The number of aliphatic imine (C=N–C) groups is 1. The van der Waals surface area contributed by atoms with Crippen LogP contribution in [0.25, 0.3) is 0 Å². The molecule has 158 valence electrons. The number of piperidine rings is 1. The van der Waals surface area contributed by atoms with Crippen LogP contribution < -0.4 is 5.73 Å². The van der Waals surface area contributed by atoms with Gasteiger partial charge in [-0.2, -0.15) is 0 Å². The fraction of sp³-hybridized carbons (Fsp3) is 0.478. The Hall–Kier alpha value is -1.92. The largest absolute Gasteiger partial charge is 0.472 e. The molecule has 0 bridgehead atoms. The van der Waals surface area contributed by atoms with E-state index in [0.29, 0.717) is 24.6 Å². The van der Waals surface area contributed by atoms with Gasteiger partial charge in [-0.1, -0.05) is 40.7 Å². The van der Waals surface area contributed by atoms with Crippen molar-refractivity contribution in [2.24, 2.45) is 16.6 Å². The van der Waals surface area contributed by atoms with Crippen molar-refractivity contribution in [3.63, 3.8) is 0 Å². The number of likely N-dealkylation sites (tertiary alicyclic amines) is 1. The van der Waals surface area contributed by atoms with Crippen LogP contribution >= 0.6 is 15.9 Å². The summed E-state index contributed by atoms with van der Waals surface area (Å²) < 4.78 is 6.94. The number of carbonyl (C=O) groups is 1. The number of ether oxygens (including phenoxy) is 1. The highest BCUT2D eigenvalue weighted by Gasteiger charge is 2.26. The third-order valence-corrected chi connectivity index (χ3v) is 5.54. The second kappa shape index (κ2) is 10.7. The number of benzene rings is 1. The maximum Gasteiger partial charge on any atom is 0.217 e. The molecule has 1 aromatic rings. The summed E-state index contributed by atoms with van der Waals surface area (Å²) >= 11 is 3.53. The molecule has 0 aromatic heterocycles. The van der Waals surface area contributed by atoms with Gasteiger partial charge < -0.3 is 10.5 Å². The minimum Gasteiger partial charge on any atom is -0.472 e. The predicted octanol–water partition coefficient (Wildman–Crippen LogP) is 4.47. The van der Waals surface area contributed by atoms with Gasteiger partial charge in [0.05, 0.1) is 0 Å². The lowest BCUT2D eigenvalue weighted by Gasteiger charge is -2.32. The van der Waals surface area contributed by atoms with Crippen LogP contribution in [0, 0.1) is 5.92 Å². The molecule has 2 rings (SSSR count). The van der Waals surface area contributed by atoms with E-state index in [2.05, 4.69) is 32.4 Å². The summed E-state index contributed by atoms with van der Waals surface area (Å²) in [4.78, 5) is 19.3. The molecule has 1 heterocycles. The van der Waals surface area contributed by atoms with E-state index in [1.54, 1.807) is 0 Å². The first-order chi connectivity index (χ1) is 13.7. The van der Waals surface area contributed by atoms with Crippen molar-refractivity contribution in [1.82, 2.24) is 4.90 Å². The molecule has 0 spiro atoms. The average Bonchev–Trinajstić information content (AvgIpc) is 2.66. The van der Waals surface area contributed by atoms with Crippen LogP contribution in [0.5, 0.6) is 0 Å². The summed E-state index contributed by atoms with van der Waals surface area (Å²) in [6.45, 7) is 12.5.